The Balaban J connectivity index is 2.46. The van der Waals surface area contributed by atoms with Crippen LogP contribution in [0.15, 0.2) is 36.3 Å². The minimum atomic E-state index is 0.0804. The van der Waals surface area contributed by atoms with Gasteiger partial charge in [-0.05, 0) is 80.2 Å². The number of hydrogen-bond donors (Lipinski definition) is 1. The Bertz CT molecular complexity index is 600. The van der Waals surface area contributed by atoms with Crippen molar-refractivity contribution in [1.29, 1.82) is 0 Å². The second-order valence-corrected chi connectivity index (χ2v) is 9.40. The van der Waals surface area contributed by atoms with Crippen LogP contribution in [0.25, 0.3) is 0 Å². The highest BCUT2D eigenvalue weighted by Crippen LogP contribution is 2.40. The highest BCUT2D eigenvalue weighted by atomic mass is 79.9. The van der Waals surface area contributed by atoms with Crippen LogP contribution < -0.4 is 5.32 Å². The number of halogens is 4. The maximum absolute atomic E-state index is 6.39. The van der Waals surface area contributed by atoms with Crippen molar-refractivity contribution >= 4 is 70.7 Å². The van der Waals surface area contributed by atoms with E-state index in [9.17, 15) is 0 Å². The molecule has 0 bridgehead atoms. The van der Waals surface area contributed by atoms with E-state index in [1.807, 2.05) is 12.1 Å². The van der Waals surface area contributed by atoms with Gasteiger partial charge in [-0.3, -0.25) is 0 Å². The Hall–Kier alpha value is 0.610. The molecule has 0 fully saturated rings. The van der Waals surface area contributed by atoms with Crippen LogP contribution in [-0.4, -0.2) is 6.54 Å². The lowest BCUT2D eigenvalue weighted by Crippen LogP contribution is -2.23. The molecular weight excluding hydrogens is 489 g/mol. The van der Waals surface area contributed by atoms with Gasteiger partial charge in [0, 0.05) is 9.50 Å². The summed E-state index contributed by atoms with van der Waals surface area (Å²) in [5, 5.41) is 4.35. The average molecular weight is 502 g/mol. The lowest BCUT2D eigenvalue weighted by atomic mass is 10.0. The average Bonchev–Trinajstić information content (AvgIpc) is 2.73. The zero-order valence-electron chi connectivity index (χ0n) is 10.7. The highest BCUT2D eigenvalue weighted by molar-refractivity contribution is 9.12. The van der Waals surface area contributed by atoms with Gasteiger partial charge in [-0.1, -0.05) is 34.5 Å². The molecule has 0 aliphatic carbocycles. The Morgan fingerprint density at radius 2 is 1.95 bits per heavy atom. The molecule has 1 heterocycles. The molecule has 1 N–H and O–H groups in total. The van der Waals surface area contributed by atoms with Gasteiger partial charge in [0.15, 0.2) is 0 Å². The maximum Gasteiger partial charge on any atom is 0.0761 e. The number of thiophene rings is 1. The normalized spacial score (nSPS) is 12.7. The zero-order valence-corrected chi connectivity index (χ0v) is 17.1. The lowest BCUT2D eigenvalue weighted by molar-refractivity contribution is 0.598. The van der Waals surface area contributed by atoms with Crippen molar-refractivity contribution in [1.82, 2.24) is 5.32 Å². The molecule has 0 aliphatic rings. The summed E-state index contributed by atoms with van der Waals surface area (Å²) in [6.45, 7) is 3.10. The van der Waals surface area contributed by atoms with E-state index in [0.717, 1.165) is 35.6 Å². The van der Waals surface area contributed by atoms with Crippen LogP contribution >= 0.6 is 70.7 Å². The van der Waals surface area contributed by atoms with E-state index in [0.29, 0.717) is 0 Å². The molecular formula is C14H13Br3ClNS. The van der Waals surface area contributed by atoms with E-state index in [2.05, 4.69) is 72.2 Å². The molecule has 2 rings (SSSR count). The molecule has 1 aromatic carbocycles. The Kier molecular flexibility index (Phi) is 6.57. The van der Waals surface area contributed by atoms with E-state index in [1.54, 1.807) is 11.3 Å². The van der Waals surface area contributed by atoms with E-state index < -0.39 is 0 Å². The van der Waals surface area contributed by atoms with Crippen LogP contribution in [0.3, 0.4) is 0 Å². The molecule has 2 aromatic rings. The maximum atomic E-state index is 6.39. The molecule has 0 radical (unpaired) electrons. The van der Waals surface area contributed by atoms with Crippen LogP contribution in [0.1, 0.15) is 30.5 Å². The molecule has 0 spiro atoms. The molecule has 1 atom stereocenters. The molecule has 1 nitrogen and oxygen atoms in total. The molecule has 108 valence electrons. The van der Waals surface area contributed by atoms with Crippen LogP contribution in [-0.2, 0) is 0 Å². The summed E-state index contributed by atoms with van der Waals surface area (Å²) in [6.07, 6.45) is 1.07. The van der Waals surface area contributed by atoms with Crippen molar-refractivity contribution in [2.75, 3.05) is 6.54 Å². The quantitative estimate of drug-likeness (QED) is 0.476. The van der Waals surface area contributed by atoms with Gasteiger partial charge in [0.25, 0.3) is 0 Å². The third-order valence-electron chi connectivity index (χ3n) is 2.86. The van der Waals surface area contributed by atoms with Crippen LogP contribution in [0, 0.1) is 0 Å². The van der Waals surface area contributed by atoms with Crippen molar-refractivity contribution in [3.63, 3.8) is 0 Å². The summed E-state index contributed by atoms with van der Waals surface area (Å²) in [7, 11) is 0. The first-order chi connectivity index (χ1) is 9.52. The molecule has 0 saturated carbocycles. The summed E-state index contributed by atoms with van der Waals surface area (Å²) in [6, 6.07) is 8.18. The molecule has 1 unspecified atom stereocenters. The summed E-state index contributed by atoms with van der Waals surface area (Å²) in [5.74, 6) is 0. The van der Waals surface area contributed by atoms with Crippen molar-refractivity contribution in [3.05, 3.63) is 52.5 Å². The number of hydrogen-bond acceptors (Lipinski definition) is 2. The molecule has 1 aromatic heterocycles. The standard InChI is InChI=1S/C14H13Br3ClNS/c1-2-5-19-13(10-7-12(16)20-14(10)17)9-6-8(15)3-4-11(9)18/h3-4,6-7,13,19H,2,5H2,1H3. The topological polar surface area (TPSA) is 12.0 Å². The third kappa shape index (κ3) is 4.08. The SMILES string of the molecule is CCCNC(c1cc(Br)ccc1Cl)c1cc(Br)sc1Br. The van der Waals surface area contributed by atoms with Gasteiger partial charge < -0.3 is 5.32 Å². The van der Waals surface area contributed by atoms with E-state index in [-0.39, 0.29) is 6.04 Å². The lowest BCUT2D eigenvalue weighted by Gasteiger charge is -2.20. The summed E-state index contributed by atoms with van der Waals surface area (Å²) >= 11 is 18.8. The van der Waals surface area contributed by atoms with E-state index in [1.165, 1.54) is 5.56 Å². The van der Waals surface area contributed by atoms with Gasteiger partial charge in [-0.15, -0.1) is 11.3 Å². The fraction of sp³-hybridized carbons (Fsp3) is 0.286. The summed E-state index contributed by atoms with van der Waals surface area (Å²) in [5.41, 5.74) is 2.29. The molecule has 0 saturated heterocycles. The van der Waals surface area contributed by atoms with Crippen LogP contribution in [0.2, 0.25) is 5.02 Å². The Morgan fingerprint density at radius 3 is 2.55 bits per heavy atom. The first kappa shape index (κ1) is 17.0. The number of rotatable bonds is 5. The second kappa shape index (κ2) is 7.75. The monoisotopic (exact) mass is 499 g/mol. The molecule has 0 aliphatic heterocycles. The zero-order chi connectivity index (χ0) is 14.7. The molecule has 0 amide bonds. The van der Waals surface area contributed by atoms with Gasteiger partial charge >= 0.3 is 0 Å². The van der Waals surface area contributed by atoms with E-state index in [4.69, 9.17) is 11.6 Å². The van der Waals surface area contributed by atoms with Gasteiger partial charge in [-0.25, -0.2) is 0 Å². The second-order valence-electron chi connectivity index (χ2n) is 4.33. The number of benzene rings is 1. The largest absolute Gasteiger partial charge is 0.306 e. The minimum absolute atomic E-state index is 0.0804. The smallest absolute Gasteiger partial charge is 0.0761 e. The summed E-state index contributed by atoms with van der Waals surface area (Å²) in [4.78, 5) is 0. The van der Waals surface area contributed by atoms with E-state index >= 15 is 0 Å². The fourth-order valence-electron chi connectivity index (χ4n) is 1.96. The van der Waals surface area contributed by atoms with Crippen molar-refractivity contribution in [2.45, 2.75) is 19.4 Å². The first-order valence-electron chi connectivity index (χ1n) is 6.16. The highest BCUT2D eigenvalue weighted by Gasteiger charge is 2.21. The van der Waals surface area contributed by atoms with Crippen molar-refractivity contribution in [2.24, 2.45) is 0 Å². The Labute approximate surface area is 153 Å². The van der Waals surface area contributed by atoms with Gasteiger partial charge in [0.1, 0.15) is 0 Å². The van der Waals surface area contributed by atoms with Gasteiger partial charge in [0.2, 0.25) is 0 Å². The van der Waals surface area contributed by atoms with Crippen molar-refractivity contribution < 1.29 is 0 Å². The number of nitrogens with one attached hydrogen (secondary N) is 1. The molecule has 20 heavy (non-hydrogen) atoms. The first-order valence-corrected chi connectivity index (χ1v) is 9.73. The third-order valence-corrected chi connectivity index (χ3v) is 6.08. The Morgan fingerprint density at radius 1 is 1.20 bits per heavy atom. The predicted molar refractivity (Wildman–Crippen MR) is 99.0 cm³/mol. The van der Waals surface area contributed by atoms with Crippen molar-refractivity contribution in [3.8, 4) is 0 Å². The predicted octanol–water partition coefficient (Wildman–Crippen LogP) is 6.78. The van der Waals surface area contributed by atoms with Crippen LogP contribution in [0.4, 0.5) is 0 Å². The minimum Gasteiger partial charge on any atom is -0.306 e. The van der Waals surface area contributed by atoms with Gasteiger partial charge in [0.05, 0.1) is 13.6 Å². The fourth-order valence-corrected chi connectivity index (χ4v) is 5.47. The van der Waals surface area contributed by atoms with Crippen LogP contribution in [0.5, 0.6) is 0 Å². The molecule has 6 heteroatoms. The summed E-state index contributed by atoms with van der Waals surface area (Å²) < 4.78 is 3.26. The van der Waals surface area contributed by atoms with Gasteiger partial charge in [-0.2, -0.15) is 0 Å².